The number of rotatable bonds is 3. The summed E-state index contributed by atoms with van der Waals surface area (Å²) in [5.74, 6) is 0. The third-order valence-electron chi connectivity index (χ3n) is 3.42. The predicted molar refractivity (Wildman–Crippen MR) is 78.0 cm³/mol. The summed E-state index contributed by atoms with van der Waals surface area (Å²) in [6, 6.07) is 10.4. The Morgan fingerprint density at radius 3 is 1.58 bits per heavy atom. The van der Waals surface area contributed by atoms with Gasteiger partial charge < -0.3 is 0 Å². The Hall–Kier alpha value is -1.51. The summed E-state index contributed by atoms with van der Waals surface area (Å²) in [5.41, 5.74) is 1.56. The molecular formula is C16H19ClN2. The van der Waals surface area contributed by atoms with Gasteiger partial charge in [0.05, 0.1) is 28.3 Å². The lowest BCUT2D eigenvalue weighted by atomic mass is 9.79. The molecule has 0 aromatic heterocycles. The van der Waals surface area contributed by atoms with E-state index in [1.54, 1.807) is 0 Å². The van der Waals surface area contributed by atoms with Gasteiger partial charge in [-0.2, -0.15) is 10.5 Å². The Balaban J connectivity index is 3.54. The van der Waals surface area contributed by atoms with Crippen LogP contribution in [0.4, 0.5) is 0 Å². The van der Waals surface area contributed by atoms with E-state index in [-0.39, 0.29) is 5.38 Å². The fourth-order valence-corrected chi connectivity index (χ4v) is 1.86. The first kappa shape index (κ1) is 15.5. The second-order valence-corrected chi connectivity index (χ2v) is 6.59. The van der Waals surface area contributed by atoms with Crippen LogP contribution in [0.2, 0.25) is 0 Å². The third kappa shape index (κ3) is 3.28. The van der Waals surface area contributed by atoms with Crippen LogP contribution in [0.5, 0.6) is 0 Å². The smallest absolute Gasteiger partial charge is 0.0766 e. The van der Waals surface area contributed by atoms with Crippen LogP contribution in [0.15, 0.2) is 18.2 Å². The average Bonchev–Trinajstić information content (AvgIpc) is 2.38. The van der Waals surface area contributed by atoms with Crippen molar-refractivity contribution in [3.63, 3.8) is 0 Å². The average molecular weight is 275 g/mol. The first-order valence-corrected chi connectivity index (χ1v) is 6.70. The van der Waals surface area contributed by atoms with Gasteiger partial charge in [0, 0.05) is 0 Å². The molecule has 2 nitrogen and oxygen atoms in total. The lowest BCUT2D eigenvalue weighted by Gasteiger charge is -2.23. The van der Waals surface area contributed by atoms with E-state index in [0.29, 0.717) is 0 Å². The van der Waals surface area contributed by atoms with Crippen molar-refractivity contribution in [3.05, 3.63) is 34.9 Å². The molecule has 0 heterocycles. The maximum absolute atomic E-state index is 9.28. The highest BCUT2D eigenvalue weighted by atomic mass is 35.5. The van der Waals surface area contributed by atoms with Crippen molar-refractivity contribution < 1.29 is 0 Å². The summed E-state index contributed by atoms with van der Waals surface area (Å²) in [4.78, 5) is 0. The lowest BCUT2D eigenvalue weighted by molar-refractivity contribution is 0.658. The van der Waals surface area contributed by atoms with Gasteiger partial charge in [-0.05, 0) is 51.3 Å². The van der Waals surface area contributed by atoms with E-state index < -0.39 is 10.8 Å². The van der Waals surface area contributed by atoms with Crippen molar-refractivity contribution in [1.82, 2.24) is 0 Å². The number of hydrogen-bond donors (Lipinski definition) is 0. The summed E-state index contributed by atoms with van der Waals surface area (Å²) >= 11 is 6.17. The van der Waals surface area contributed by atoms with E-state index in [4.69, 9.17) is 11.6 Å². The van der Waals surface area contributed by atoms with Crippen molar-refractivity contribution in [3.8, 4) is 12.1 Å². The second kappa shape index (κ2) is 5.24. The van der Waals surface area contributed by atoms with Gasteiger partial charge in [0.25, 0.3) is 0 Å². The van der Waals surface area contributed by atoms with Crippen LogP contribution >= 0.6 is 11.6 Å². The molecule has 0 spiro atoms. The highest BCUT2D eigenvalue weighted by Gasteiger charge is 2.26. The van der Waals surface area contributed by atoms with Gasteiger partial charge in [-0.25, -0.2) is 0 Å². The predicted octanol–water partition coefficient (Wildman–Crippen LogP) is 4.59. The lowest BCUT2D eigenvalue weighted by Crippen LogP contribution is -2.19. The number of benzene rings is 1. The van der Waals surface area contributed by atoms with Crippen molar-refractivity contribution in [2.75, 3.05) is 0 Å². The Morgan fingerprint density at radius 1 is 0.947 bits per heavy atom. The monoisotopic (exact) mass is 274 g/mol. The van der Waals surface area contributed by atoms with Crippen molar-refractivity contribution in [2.24, 2.45) is 0 Å². The number of nitrogens with zero attached hydrogens (tertiary/aromatic N) is 2. The minimum atomic E-state index is -0.595. The molecule has 0 aliphatic heterocycles. The van der Waals surface area contributed by atoms with Gasteiger partial charge in [-0.3, -0.25) is 0 Å². The molecule has 1 aromatic carbocycles. The first-order chi connectivity index (χ1) is 8.64. The van der Waals surface area contributed by atoms with Crippen molar-refractivity contribution in [2.45, 2.75) is 50.8 Å². The van der Waals surface area contributed by atoms with Crippen LogP contribution in [0.1, 0.15) is 56.7 Å². The van der Waals surface area contributed by atoms with Crippen molar-refractivity contribution in [1.29, 1.82) is 10.5 Å². The highest BCUT2D eigenvalue weighted by molar-refractivity contribution is 6.20. The normalized spacial score (nSPS) is 13.5. The molecule has 3 heteroatoms. The molecule has 0 N–H and O–H groups in total. The molecule has 1 aromatic rings. The SMILES string of the molecule is CC(Cl)c1cc(C(C)(C)C#N)cc(C(C)(C)C#N)c1. The molecule has 0 bridgehead atoms. The molecule has 0 aliphatic rings. The maximum Gasteiger partial charge on any atom is 0.0766 e. The second-order valence-electron chi connectivity index (χ2n) is 5.93. The van der Waals surface area contributed by atoms with Gasteiger partial charge in [0.1, 0.15) is 0 Å². The van der Waals surface area contributed by atoms with E-state index in [0.717, 1.165) is 16.7 Å². The molecule has 0 saturated carbocycles. The van der Waals surface area contributed by atoms with E-state index in [1.165, 1.54) is 0 Å². The molecular weight excluding hydrogens is 256 g/mol. The number of halogens is 1. The third-order valence-corrected chi connectivity index (χ3v) is 3.67. The summed E-state index contributed by atoms with van der Waals surface area (Å²) < 4.78 is 0. The van der Waals surface area contributed by atoms with Gasteiger partial charge in [0.2, 0.25) is 0 Å². The van der Waals surface area contributed by atoms with Crippen LogP contribution in [0, 0.1) is 22.7 Å². The van der Waals surface area contributed by atoms with E-state index in [1.807, 2.05) is 52.8 Å². The summed E-state index contributed by atoms with van der Waals surface area (Å²) in [5, 5.41) is 18.4. The van der Waals surface area contributed by atoms with Gasteiger partial charge in [-0.1, -0.05) is 18.2 Å². The zero-order valence-electron chi connectivity index (χ0n) is 12.1. The first-order valence-electron chi connectivity index (χ1n) is 6.26. The number of alkyl halides is 1. The molecule has 0 aliphatic carbocycles. The quantitative estimate of drug-likeness (QED) is 0.757. The largest absolute Gasteiger partial charge is 0.197 e. The van der Waals surface area contributed by atoms with Gasteiger partial charge in [-0.15, -0.1) is 11.6 Å². The zero-order valence-corrected chi connectivity index (χ0v) is 12.8. The van der Waals surface area contributed by atoms with Gasteiger partial charge >= 0.3 is 0 Å². The van der Waals surface area contributed by atoms with Crippen molar-refractivity contribution >= 4 is 11.6 Å². The highest BCUT2D eigenvalue weighted by Crippen LogP contribution is 2.33. The van der Waals surface area contributed by atoms with Crippen LogP contribution in [0.25, 0.3) is 0 Å². The number of nitriles is 2. The fourth-order valence-electron chi connectivity index (χ4n) is 1.73. The minimum Gasteiger partial charge on any atom is -0.197 e. The van der Waals surface area contributed by atoms with Crippen LogP contribution < -0.4 is 0 Å². The molecule has 1 rings (SSSR count). The molecule has 1 atom stereocenters. The fraction of sp³-hybridized carbons (Fsp3) is 0.500. The Morgan fingerprint density at radius 2 is 1.32 bits per heavy atom. The van der Waals surface area contributed by atoms with Crippen LogP contribution in [0.3, 0.4) is 0 Å². The minimum absolute atomic E-state index is 0.150. The van der Waals surface area contributed by atoms with Gasteiger partial charge in [0.15, 0.2) is 0 Å². The standard InChI is InChI=1S/C16H19ClN2/c1-11(17)12-6-13(15(2,3)9-18)8-14(7-12)16(4,5)10-19/h6-8,11H,1-5H3. The summed E-state index contributed by atoms with van der Waals surface area (Å²) in [6.07, 6.45) is 0. The topological polar surface area (TPSA) is 47.6 Å². The number of hydrogen-bond acceptors (Lipinski definition) is 2. The van der Waals surface area contributed by atoms with Crippen LogP contribution in [-0.2, 0) is 10.8 Å². The van der Waals surface area contributed by atoms with Crippen LogP contribution in [-0.4, -0.2) is 0 Å². The Labute approximate surface area is 120 Å². The molecule has 0 saturated heterocycles. The van der Waals surface area contributed by atoms with E-state index >= 15 is 0 Å². The molecule has 0 amide bonds. The maximum atomic E-state index is 9.28. The van der Waals surface area contributed by atoms with E-state index in [9.17, 15) is 10.5 Å². The molecule has 1 unspecified atom stereocenters. The zero-order chi connectivity index (χ0) is 14.8. The molecule has 19 heavy (non-hydrogen) atoms. The molecule has 0 fully saturated rings. The summed E-state index contributed by atoms with van der Waals surface area (Å²) in [6.45, 7) is 9.37. The molecule has 0 radical (unpaired) electrons. The molecule has 100 valence electrons. The van der Waals surface area contributed by atoms with E-state index in [2.05, 4.69) is 12.1 Å². The Kier molecular flexibility index (Phi) is 4.28. The summed E-state index contributed by atoms with van der Waals surface area (Å²) in [7, 11) is 0. The Bertz CT molecular complexity index is 513.